The quantitative estimate of drug-likeness (QED) is 0.611. The van der Waals surface area contributed by atoms with Crippen LogP contribution in [-0.2, 0) is 0 Å². The molecule has 7 nitrogen and oxygen atoms in total. The van der Waals surface area contributed by atoms with Crippen LogP contribution in [0.3, 0.4) is 0 Å². The molecular formula is C13H12N4O3. The molecule has 0 aliphatic rings. The summed E-state index contributed by atoms with van der Waals surface area (Å²) < 4.78 is 5.14. The van der Waals surface area contributed by atoms with Crippen molar-refractivity contribution in [2.24, 2.45) is 0 Å². The van der Waals surface area contributed by atoms with Gasteiger partial charge in [-0.25, -0.2) is 0 Å². The Morgan fingerprint density at radius 3 is 3.05 bits per heavy atom. The Kier molecular flexibility index (Phi) is 4.05. The zero-order valence-electron chi connectivity index (χ0n) is 10.8. The summed E-state index contributed by atoms with van der Waals surface area (Å²) in [5.74, 6) is 0.726. The summed E-state index contributed by atoms with van der Waals surface area (Å²) >= 11 is 0. The molecule has 0 saturated heterocycles. The lowest BCUT2D eigenvalue weighted by molar-refractivity contribution is -0.384. The summed E-state index contributed by atoms with van der Waals surface area (Å²) in [5, 5.41) is 23.1. The molecule has 1 aromatic carbocycles. The standard InChI is InChI=1S/C13H12N4O3/c1-9(4-3-7-14)13-15-12(16-20-13)10-5-2-6-11(8-10)17(18)19/h2,5-6,8-9H,3-4H2,1H3. The second kappa shape index (κ2) is 5.93. The third-order valence-corrected chi connectivity index (χ3v) is 2.87. The zero-order chi connectivity index (χ0) is 14.5. The topological polar surface area (TPSA) is 106 Å². The summed E-state index contributed by atoms with van der Waals surface area (Å²) in [6.07, 6.45) is 1.04. The van der Waals surface area contributed by atoms with Gasteiger partial charge in [-0.1, -0.05) is 24.2 Å². The number of non-ortho nitro benzene ring substituents is 1. The largest absolute Gasteiger partial charge is 0.339 e. The number of nitrogens with zero attached hydrogens (tertiary/aromatic N) is 4. The molecule has 0 saturated carbocycles. The molecule has 2 aromatic rings. The Morgan fingerprint density at radius 2 is 2.35 bits per heavy atom. The van der Waals surface area contributed by atoms with Crippen molar-refractivity contribution in [3.63, 3.8) is 0 Å². The van der Waals surface area contributed by atoms with E-state index in [-0.39, 0.29) is 11.6 Å². The number of hydrogen-bond acceptors (Lipinski definition) is 6. The van der Waals surface area contributed by atoms with Crippen molar-refractivity contribution in [1.82, 2.24) is 10.1 Å². The van der Waals surface area contributed by atoms with Crippen molar-refractivity contribution in [1.29, 1.82) is 5.26 Å². The summed E-state index contributed by atoms with van der Waals surface area (Å²) in [6.45, 7) is 1.89. The first-order valence-electron chi connectivity index (χ1n) is 6.07. The van der Waals surface area contributed by atoms with Crippen LogP contribution in [0, 0.1) is 21.4 Å². The fourth-order valence-corrected chi connectivity index (χ4v) is 1.72. The van der Waals surface area contributed by atoms with E-state index in [0.717, 1.165) is 0 Å². The minimum absolute atomic E-state index is 0.0189. The van der Waals surface area contributed by atoms with E-state index in [1.807, 2.05) is 6.92 Å². The number of hydrogen-bond donors (Lipinski definition) is 0. The van der Waals surface area contributed by atoms with Gasteiger partial charge >= 0.3 is 0 Å². The van der Waals surface area contributed by atoms with Gasteiger partial charge in [0.1, 0.15) is 0 Å². The van der Waals surface area contributed by atoms with Gasteiger partial charge in [0, 0.05) is 30.0 Å². The SMILES string of the molecule is CC(CCC#N)c1nc(-c2cccc([N+](=O)[O-])c2)no1. The molecule has 1 aromatic heterocycles. The van der Waals surface area contributed by atoms with Crippen molar-refractivity contribution in [3.8, 4) is 17.5 Å². The van der Waals surface area contributed by atoms with Crippen LogP contribution in [-0.4, -0.2) is 15.1 Å². The maximum atomic E-state index is 10.7. The smallest absolute Gasteiger partial charge is 0.270 e. The van der Waals surface area contributed by atoms with Crippen LogP contribution in [0.4, 0.5) is 5.69 Å². The van der Waals surface area contributed by atoms with Gasteiger partial charge in [-0.15, -0.1) is 0 Å². The predicted molar refractivity (Wildman–Crippen MR) is 69.7 cm³/mol. The molecule has 0 aliphatic heterocycles. The van der Waals surface area contributed by atoms with Gasteiger partial charge in [0.05, 0.1) is 11.0 Å². The Labute approximate surface area is 115 Å². The number of nitro groups is 1. The maximum absolute atomic E-state index is 10.7. The van der Waals surface area contributed by atoms with Crippen LogP contribution in [0.25, 0.3) is 11.4 Å². The molecule has 1 unspecified atom stereocenters. The number of aromatic nitrogens is 2. The van der Waals surface area contributed by atoms with Crippen LogP contribution >= 0.6 is 0 Å². The molecule has 7 heteroatoms. The van der Waals surface area contributed by atoms with E-state index in [4.69, 9.17) is 9.78 Å². The molecule has 0 fully saturated rings. The van der Waals surface area contributed by atoms with Crippen molar-refractivity contribution in [3.05, 3.63) is 40.3 Å². The van der Waals surface area contributed by atoms with Crippen molar-refractivity contribution in [2.45, 2.75) is 25.7 Å². The van der Waals surface area contributed by atoms with E-state index in [1.54, 1.807) is 12.1 Å². The van der Waals surface area contributed by atoms with Gasteiger partial charge in [0.25, 0.3) is 5.69 Å². The van der Waals surface area contributed by atoms with Gasteiger partial charge < -0.3 is 4.52 Å². The molecular weight excluding hydrogens is 260 g/mol. The number of benzene rings is 1. The van der Waals surface area contributed by atoms with E-state index in [9.17, 15) is 10.1 Å². The van der Waals surface area contributed by atoms with Crippen LogP contribution in [0.5, 0.6) is 0 Å². The highest BCUT2D eigenvalue weighted by atomic mass is 16.6. The Bertz CT molecular complexity index is 660. The van der Waals surface area contributed by atoms with E-state index in [0.29, 0.717) is 30.1 Å². The van der Waals surface area contributed by atoms with Crippen LogP contribution in [0.15, 0.2) is 28.8 Å². The first-order chi connectivity index (χ1) is 9.61. The molecule has 0 spiro atoms. The molecule has 1 heterocycles. The maximum Gasteiger partial charge on any atom is 0.270 e. The molecule has 0 N–H and O–H groups in total. The first-order valence-corrected chi connectivity index (χ1v) is 6.07. The van der Waals surface area contributed by atoms with E-state index in [1.165, 1.54) is 12.1 Å². The van der Waals surface area contributed by atoms with E-state index < -0.39 is 4.92 Å². The van der Waals surface area contributed by atoms with Crippen LogP contribution in [0.2, 0.25) is 0 Å². The summed E-state index contributed by atoms with van der Waals surface area (Å²) in [6, 6.07) is 8.12. The lowest BCUT2D eigenvalue weighted by Gasteiger charge is -2.00. The first kappa shape index (κ1) is 13.7. The highest BCUT2D eigenvalue weighted by Crippen LogP contribution is 2.24. The molecule has 0 amide bonds. The number of rotatable bonds is 5. The highest BCUT2D eigenvalue weighted by Gasteiger charge is 2.16. The molecule has 0 bridgehead atoms. The van der Waals surface area contributed by atoms with Gasteiger partial charge in [-0.2, -0.15) is 10.2 Å². The fourth-order valence-electron chi connectivity index (χ4n) is 1.72. The fraction of sp³-hybridized carbons (Fsp3) is 0.308. The van der Waals surface area contributed by atoms with Crippen LogP contribution < -0.4 is 0 Å². The minimum Gasteiger partial charge on any atom is -0.339 e. The molecule has 0 aliphatic carbocycles. The van der Waals surface area contributed by atoms with E-state index >= 15 is 0 Å². The second-order valence-electron chi connectivity index (χ2n) is 4.36. The van der Waals surface area contributed by atoms with Crippen molar-refractivity contribution < 1.29 is 9.45 Å². The van der Waals surface area contributed by atoms with Crippen molar-refractivity contribution in [2.75, 3.05) is 0 Å². The molecule has 2 rings (SSSR count). The molecule has 102 valence electrons. The van der Waals surface area contributed by atoms with Gasteiger partial charge in [0.2, 0.25) is 11.7 Å². The predicted octanol–water partition coefficient (Wildman–Crippen LogP) is 3.05. The van der Waals surface area contributed by atoms with Gasteiger partial charge in [-0.3, -0.25) is 10.1 Å². The zero-order valence-corrected chi connectivity index (χ0v) is 10.8. The monoisotopic (exact) mass is 272 g/mol. The van der Waals surface area contributed by atoms with Gasteiger partial charge in [-0.05, 0) is 6.42 Å². The lowest BCUT2D eigenvalue weighted by atomic mass is 10.1. The van der Waals surface area contributed by atoms with Crippen molar-refractivity contribution >= 4 is 5.69 Å². The summed E-state index contributed by atoms with van der Waals surface area (Å²) in [5.41, 5.74) is 0.507. The average molecular weight is 272 g/mol. The molecule has 1 atom stereocenters. The summed E-state index contributed by atoms with van der Waals surface area (Å²) in [7, 11) is 0. The second-order valence-corrected chi connectivity index (χ2v) is 4.36. The van der Waals surface area contributed by atoms with Gasteiger partial charge in [0.15, 0.2) is 0 Å². The normalized spacial score (nSPS) is 11.8. The third-order valence-electron chi connectivity index (χ3n) is 2.87. The molecule has 20 heavy (non-hydrogen) atoms. The van der Waals surface area contributed by atoms with Crippen LogP contribution in [0.1, 0.15) is 31.6 Å². The Morgan fingerprint density at radius 1 is 1.55 bits per heavy atom. The van der Waals surface area contributed by atoms with E-state index in [2.05, 4.69) is 16.2 Å². The average Bonchev–Trinajstić information content (AvgIpc) is 2.94. The third kappa shape index (κ3) is 2.98. The Hall–Kier alpha value is -2.75. The summed E-state index contributed by atoms with van der Waals surface area (Å²) in [4.78, 5) is 14.5. The molecule has 0 radical (unpaired) electrons. The Balaban J connectivity index is 2.22. The minimum atomic E-state index is -0.472. The lowest BCUT2D eigenvalue weighted by Crippen LogP contribution is -1.93. The highest BCUT2D eigenvalue weighted by molar-refractivity contribution is 5.58. The number of nitro benzene ring substituents is 1. The number of nitriles is 1.